The van der Waals surface area contributed by atoms with Crippen LogP contribution in [-0.4, -0.2) is 36.2 Å². The first-order valence-electron chi connectivity index (χ1n) is 8.34. The van der Waals surface area contributed by atoms with Crippen LogP contribution in [0.15, 0.2) is 53.6 Å². The average Bonchev–Trinajstić information content (AvgIpc) is 3.06. The molecule has 10 heteroatoms. The molecular formula is C18H18N4O5S. The molecule has 0 bridgehead atoms. The van der Waals surface area contributed by atoms with Gasteiger partial charge in [-0.25, -0.2) is 13.4 Å². The average molecular weight is 402 g/mol. The summed E-state index contributed by atoms with van der Waals surface area (Å²) >= 11 is 0. The molecule has 1 heterocycles. The molecule has 1 aliphatic rings. The zero-order valence-corrected chi connectivity index (χ0v) is 16.0. The van der Waals surface area contributed by atoms with Gasteiger partial charge < -0.3 is 0 Å². The third-order valence-corrected chi connectivity index (χ3v) is 4.80. The van der Waals surface area contributed by atoms with Crippen molar-refractivity contribution in [3.8, 4) is 0 Å². The van der Waals surface area contributed by atoms with Crippen LogP contribution < -0.4 is 4.72 Å². The second-order valence-corrected chi connectivity index (χ2v) is 8.19. The van der Waals surface area contributed by atoms with E-state index in [1.165, 1.54) is 24.1 Å². The van der Waals surface area contributed by atoms with Crippen LogP contribution in [0.3, 0.4) is 0 Å². The van der Waals surface area contributed by atoms with Crippen molar-refractivity contribution in [3.63, 3.8) is 0 Å². The number of hydrogen-bond acceptors (Lipinski definition) is 6. The van der Waals surface area contributed by atoms with Crippen molar-refractivity contribution in [2.45, 2.75) is 19.4 Å². The third kappa shape index (κ3) is 4.34. The Morgan fingerprint density at radius 1 is 1.25 bits per heavy atom. The molecule has 0 aliphatic carbocycles. The van der Waals surface area contributed by atoms with Crippen LogP contribution in [-0.2, 0) is 14.8 Å². The standard InChI is InChI=1S/C18H18N4O5S/c1-12(23)21-18(14-6-4-8-16(10-14)22(24)25)11-17(19-21)13-5-3-7-15(9-13)20-28(2,26)27/h3-10,18,20H,11H2,1-2H3/t18-/m1/s1. The fourth-order valence-corrected chi connectivity index (χ4v) is 3.61. The highest BCUT2D eigenvalue weighted by Crippen LogP contribution is 2.34. The van der Waals surface area contributed by atoms with Gasteiger partial charge in [0.25, 0.3) is 5.69 Å². The number of nitrogens with one attached hydrogen (secondary N) is 1. The van der Waals surface area contributed by atoms with E-state index in [1.54, 1.807) is 36.4 Å². The quantitative estimate of drug-likeness (QED) is 0.608. The molecule has 1 amide bonds. The van der Waals surface area contributed by atoms with Gasteiger partial charge in [0.2, 0.25) is 15.9 Å². The molecule has 1 atom stereocenters. The molecule has 9 nitrogen and oxygen atoms in total. The molecule has 146 valence electrons. The number of non-ortho nitro benzene ring substituents is 1. The van der Waals surface area contributed by atoms with Crippen molar-refractivity contribution in [1.29, 1.82) is 0 Å². The van der Waals surface area contributed by atoms with Gasteiger partial charge in [0.15, 0.2) is 0 Å². The molecule has 1 aliphatic heterocycles. The van der Waals surface area contributed by atoms with Gasteiger partial charge in [-0.2, -0.15) is 5.10 Å². The van der Waals surface area contributed by atoms with E-state index < -0.39 is 21.0 Å². The Hall–Kier alpha value is -3.27. The lowest BCUT2D eigenvalue weighted by molar-refractivity contribution is -0.384. The van der Waals surface area contributed by atoms with E-state index in [-0.39, 0.29) is 11.6 Å². The molecule has 0 unspecified atom stereocenters. The fourth-order valence-electron chi connectivity index (χ4n) is 3.06. The molecule has 0 saturated heterocycles. The second-order valence-electron chi connectivity index (χ2n) is 6.44. The molecule has 0 aromatic heterocycles. The first-order chi connectivity index (χ1) is 13.1. The minimum Gasteiger partial charge on any atom is -0.284 e. The Balaban J connectivity index is 1.94. The number of carbonyl (C=O) groups is 1. The Morgan fingerprint density at radius 2 is 1.96 bits per heavy atom. The summed E-state index contributed by atoms with van der Waals surface area (Å²) in [6, 6.07) is 12.3. The molecule has 2 aromatic rings. The topological polar surface area (TPSA) is 122 Å². The Morgan fingerprint density at radius 3 is 2.61 bits per heavy atom. The van der Waals surface area contributed by atoms with Gasteiger partial charge in [-0.05, 0) is 23.3 Å². The summed E-state index contributed by atoms with van der Waals surface area (Å²) in [5.74, 6) is -0.295. The molecule has 28 heavy (non-hydrogen) atoms. The van der Waals surface area contributed by atoms with E-state index in [4.69, 9.17) is 0 Å². The van der Waals surface area contributed by atoms with E-state index in [2.05, 4.69) is 9.82 Å². The lowest BCUT2D eigenvalue weighted by Gasteiger charge is -2.20. The lowest BCUT2D eigenvalue weighted by atomic mass is 9.98. The number of anilines is 1. The fraction of sp³-hybridized carbons (Fsp3) is 0.222. The van der Waals surface area contributed by atoms with Crippen molar-refractivity contribution in [2.24, 2.45) is 5.10 Å². The summed E-state index contributed by atoms with van der Waals surface area (Å²) in [6.07, 6.45) is 1.41. The Kier molecular flexibility index (Phi) is 5.14. The van der Waals surface area contributed by atoms with Gasteiger partial charge in [0.05, 0.1) is 22.9 Å². The summed E-state index contributed by atoms with van der Waals surface area (Å²) in [6.45, 7) is 1.37. The minimum absolute atomic E-state index is 0.0613. The van der Waals surface area contributed by atoms with Crippen LogP contribution >= 0.6 is 0 Å². The van der Waals surface area contributed by atoms with E-state index >= 15 is 0 Å². The van der Waals surface area contributed by atoms with Crippen LogP contribution in [0.4, 0.5) is 11.4 Å². The first-order valence-corrected chi connectivity index (χ1v) is 10.2. The summed E-state index contributed by atoms with van der Waals surface area (Å²) in [7, 11) is -3.43. The number of nitrogens with zero attached hydrogens (tertiary/aromatic N) is 3. The second kappa shape index (κ2) is 7.39. The molecule has 0 spiro atoms. The van der Waals surface area contributed by atoms with Crippen LogP contribution in [0.1, 0.15) is 30.5 Å². The maximum Gasteiger partial charge on any atom is 0.269 e. The Bertz CT molecular complexity index is 1080. The number of rotatable bonds is 5. The molecule has 0 radical (unpaired) electrons. The summed E-state index contributed by atoms with van der Waals surface area (Å²) in [5, 5.41) is 16.7. The molecule has 3 rings (SSSR count). The van der Waals surface area contributed by atoms with Crippen molar-refractivity contribution in [3.05, 3.63) is 69.8 Å². The van der Waals surface area contributed by atoms with E-state index in [1.807, 2.05) is 0 Å². The van der Waals surface area contributed by atoms with Crippen molar-refractivity contribution >= 4 is 33.0 Å². The van der Waals surface area contributed by atoms with Gasteiger partial charge in [-0.3, -0.25) is 19.6 Å². The molecule has 2 aromatic carbocycles. The van der Waals surface area contributed by atoms with Gasteiger partial charge >= 0.3 is 0 Å². The largest absolute Gasteiger partial charge is 0.284 e. The van der Waals surface area contributed by atoms with Gasteiger partial charge in [0.1, 0.15) is 0 Å². The predicted molar refractivity (Wildman–Crippen MR) is 104 cm³/mol. The maximum absolute atomic E-state index is 12.1. The maximum atomic E-state index is 12.1. The summed E-state index contributed by atoms with van der Waals surface area (Å²) in [5.41, 5.74) is 2.18. The molecule has 1 N–H and O–H groups in total. The van der Waals surface area contributed by atoms with Crippen molar-refractivity contribution in [2.75, 3.05) is 11.0 Å². The highest BCUT2D eigenvalue weighted by molar-refractivity contribution is 7.92. The van der Waals surface area contributed by atoms with Crippen LogP contribution in [0.25, 0.3) is 0 Å². The summed E-state index contributed by atoms with van der Waals surface area (Å²) < 4.78 is 25.3. The smallest absolute Gasteiger partial charge is 0.269 e. The number of benzene rings is 2. The zero-order valence-electron chi connectivity index (χ0n) is 15.2. The monoisotopic (exact) mass is 402 g/mol. The number of nitro groups is 1. The molecule has 0 saturated carbocycles. The summed E-state index contributed by atoms with van der Waals surface area (Å²) in [4.78, 5) is 22.6. The predicted octanol–water partition coefficient (Wildman–Crippen LogP) is 2.66. The minimum atomic E-state index is -3.43. The number of hydrogen-bond donors (Lipinski definition) is 1. The van der Waals surface area contributed by atoms with Gasteiger partial charge in [-0.1, -0.05) is 24.3 Å². The normalized spacial score (nSPS) is 16.6. The van der Waals surface area contributed by atoms with E-state index in [0.717, 1.165) is 6.26 Å². The third-order valence-electron chi connectivity index (χ3n) is 4.20. The number of sulfonamides is 1. The zero-order chi connectivity index (χ0) is 20.5. The number of carbonyl (C=O) groups excluding carboxylic acids is 1. The van der Waals surface area contributed by atoms with Crippen LogP contribution in [0.2, 0.25) is 0 Å². The Labute approximate surface area is 161 Å². The van der Waals surface area contributed by atoms with E-state index in [0.29, 0.717) is 28.9 Å². The van der Waals surface area contributed by atoms with Crippen molar-refractivity contribution < 1.29 is 18.1 Å². The van der Waals surface area contributed by atoms with E-state index in [9.17, 15) is 23.3 Å². The number of hydrazone groups is 1. The SMILES string of the molecule is CC(=O)N1N=C(c2cccc(NS(C)(=O)=O)c2)C[C@@H]1c1cccc([N+](=O)[O-])c1. The highest BCUT2D eigenvalue weighted by Gasteiger charge is 2.32. The van der Waals surface area contributed by atoms with Crippen LogP contribution in [0.5, 0.6) is 0 Å². The number of nitro benzene ring substituents is 1. The van der Waals surface area contributed by atoms with Crippen LogP contribution in [0, 0.1) is 10.1 Å². The van der Waals surface area contributed by atoms with Gasteiger partial charge in [-0.15, -0.1) is 0 Å². The molecule has 0 fully saturated rings. The van der Waals surface area contributed by atoms with Crippen molar-refractivity contribution in [1.82, 2.24) is 5.01 Å². The molecular weight excluding hydrogens is 384 g/mol. The lowest BCUT2D eigenvalue weighted by Crippen LogP contribution is -2.24. The first kappa shape index (κ1) is 19.5. The van der Waals surface area contributed by atoms with Gasteiger partial charge in [0, 0.05) is 31.2 Å². The number of amides is 1. The highest BCUT2D eigenvalue weighted by atomic mass is 32.2.